The van der Waals surface area contributed by atoms with Crippen molar-refractivity contribution in [2.45, 2.75) is 39.3 Å². The molecule has 106 valence electrons. The van der Waals surface area contributed by atoms with Gasteiger partial charge in [-0.05, 0) is 50.9 Å². The number of hydrogen-bond acceptors (Lipinski definition) is 2. The second kappa shape index (κ2) is 5.70. The smallest absolute Gasteiger partial charge is 0.0674 e. The first-order valence-electron chi connectivity index (χ1n) is 7.18. The number of benzene rings is 1. The first-order valence-corrected chi connectivity index (χ1v) is 7.98. The molecule has 1 aliphatic heterocycles. The lowest BCUT2D eigenvalue weighted by Gasteiger charge is -2.12. The average Bonchev–Trinajstić information content (AvgIpc) is 3.02. The molecule has 0 aliphatic carbocycles. The Labute approximate surface area is 128 Å². The van der Waals surface area contributed by atoms with E-state index in [0.717, 1.165) is 23.3 Å². The fourth-order valence-electron chi connectivity index (χ4n) is 3.03. The van der Waals surface area contributed by atoms with E-state index in [1.165, 1.54) is 29.7 Å². The Morgan fingerprint density at radius 2 is 2.05 bits per heavy atom. The quantitative estimate of drug-likeness (QED) is 0.928. The van der Waals surface area contributed by atoms with E-state index in [-0.39, 0.29) is 0 Å². The molecule has 1 unspecified atom stereocenters. The molecule has 1 aromatic heterocycles. The summed E-state index contributed by atoms with van der Waals surface area (Å²) in [5.41, 5.74) is 4.89. The summed E-state index contributed by atoms with van der Waals surface area (Å²) in [5.74, 6) is 0. The van der Waals surface area contributed by atoms with Crippen molar-refractivity contribution in [3.63, 3.8) is 0 Å². The van der Waals surface area contributed by atoms with Gasteiger partial charge in [0.25, 0.3) is 0 Å². The molecule has 3 rings (SSSR count). The summed E-state index contributed by atoms with van der Waals surface area (Å²) in [6, 6.07) is 9.05. The molecule has 2 heterocycles. The molecular formula is C16H20BrN3. The molecule has 1 aliphatic rings. The minimum absolute atomic E-state index is 0.575. The number of rotatable bonds is 3. The van der Waals surface area contributed by atoms with E-state index in [9.17, 15) is 0 Å². The maximum absolute atomic E-state index is 4.74. The minimum atomic E-state index is 0.575. The highest BCUT2D eigenvalue weighted by Crippen LogP contribution is 2.28. The molecule has 0 spiro atoms. The number of aryl methyl sites for hydroxylation is 1. The Hall–Kier alpha value is -1.13. The van der Waals surface area contributed by atoms with Crippen LogP contribution in [-0.2, 0) is 6.54 Å². The van der Waals surface area contributed by atoms with Crippen LogP contribution in [-0.4, -0.2) is 22.4 Å². The molecule has 3 nitrogen and oxygen atoms in total. The first-order chi connectivity index (χ1) is 9.65. The van der Waals surface area contributed by atoms with E-state index in [1.807, 2.05) is 0 Å². The molecule has 2 aromatic rings. The van der Waals surface area contributed by atoms with Crippen LogP contribution in [0.15, 0.2) is 28.7 Å². The van der Waals surface area contributed by atoms with E-state index >= 15 is 0 Å². The number of hydrogen-bond donors (Lipinski definition) is 1. The molecule has 1 saturated heterocycles. The van der Waals surface area contributed by atoms with Crippen LogP contribution in [0, 0.1) is 13.8 Å². The van der Waals surface area contributed by atoms with Crippen molar-refractivity contribution in [2.75, 3.05) is 6.54 Å². The fourth-order valence-corrected chi connectivity index (χ4v) is 3.29. The summed E-state index contributed by atoms with van der Waals surface area (Å²) in [6.45, 7) is 6.39. The summed E-state index contributed by atoms with van der Waals surface area (Å²) in [4.78, 5) is 0. The topological polar surface area (TPSA) is 29.9 Å². The molecule has 4 heteroatoms. The Kier molecular flexibility index (Phi) is 3.94. The zero-order chi connectivity index (χ0) is 14.1. The predicted molar refractivity (Wildman–Crippen MR) is 85.9 cm³/mol. The van der Waals surface area contributed by atoms with Gasteiger partial charge in [-0.2, -0.15) is 5.10 Å². The Bertz CT molecular complexity index is 595. The SMILES string of the molecule is Cc1nn(CC2CCCN2)c(C)c1-c1ccc(Br)cc1. The largest absolute Gasteiger partial charge is 0.312 e. The molecular weight excluding hydrogens is 314 g/mol. The van der Waals surface area contributed by atoms with Gasteiger partial charge in [-0.15, -0.1) is 0 Å². The Morgan fingerprint density at radius 3 is 2.70 bits per heavy atom. The van der Waals surface area contributed by atoms with Gasteiger partial charge in [0.15, 0.2) is 0 Å². The molecule has 0 saturated carbocycles. The molecule has 0 radical (unpaired) electrons. The summed E-state index contributed by atoms with van der Waals surface area (Å²) in [5, 5.41) is 8.28. The lowest BCUT2D eigenvalue weighted by atomic mass is 10.0. The van der Waals surface area contributed by atoms with Crippen molar-refractivity contribution >= 4 is 15.9 Å². The Balaban J connectivity index is 1.91. The molecule has 1 fully saturated rings. The highest BCUT2D eigenvalue weighted by molar-refractivity contribution is 9.10. The van der Waals surface area contributed by atoms with E-state index in [4.69, 9.17) is 5.10 Å². The van der Waals surface area contributed by atoms with Gasteiger partial charge in [-0.25, -0.2) is 0 Å². The minimum Gasteiger partial charge on any atom is -0.312 e. The monoisotopic (exact) mass is 333 g/mol. The maximum atomic E-state index is 4.74. The predicted octanol–water partition coefficient (Wildman–Crippen LogP) is 3.68. The van der Waals surface area contributed by atoms with Gasteiger partial charge in [0.2, 0.25) is 0 Å². The second-order valence-electron chi connectivity index (χ2n) is 5.53. The summed E-state index contributed by atoms with van der Waals surface area (Å²) >= 11 is 3.49. The fraction of sp³-hybridized carbons (Fsp3) is 0.438. The Morgan fingerprint density at radius 1 is 1.30 bits per heavy atom. The average molecular weight is 334 g/mol. The number of halogens is 1. The van der Waals surface area contributed by atoms with E-state index in [2.05, 4.69) is 64.0 Å². The molecule has 1 N–H and O–H groups in total. The summed E-state index contributed by atoms with van der Waals surface area (Å²) in [7, 11) is 0. The standard InChI is InChI=1S/C16H20BrN3/c1-11-16(13-5-7-14(17)8-6-13)12(2)20(19-11)10-15-4-3-9-18-15/h5-8,15,18H,3-4,9-10H2,1-2H3. The maximum Gasteiger partial charge on any atom is 0.0674 e. The molecule has 20 heavy (non-hydrogen) atoms. The normalized spacial score (nSPS) is 18.6. The van der Waals surface area contributed by atoms with Crippen molar-refractivity contribution < 1.29 is 0 Å². The van der Waals surface area contributed by atoms with Crippen LogP contribution in [0.5, 0.6) is 0 Å². The third-order valence-corrected chi connectivity index (χ3v) is 4.60. The van der Waals surface area contributed by atoms with Gasteiger partial charge in [-0.3, -0.25) is 4.68 Å². The van der Waals surface area contributed by atoms with Crippen LogP contribution < -0.4 is 5.32 Å². The molecule has 0 bridgehead atoms. The lowest BCUT2D eigenvalue weighted by Crippen LogP contribution is -2.27. The summed E-state index contributed by atoms with van der Waals surface area (Å²) in [6.07, 6.45) is 2.54. The summed E-state index contributed by atoms with van der Waals surface area (Å²) < 4.78 is 3.27. The third-order valence-electron chi connectivity index (χ3n) is 4.07. The third kappa shape index (κ3) is 2.67. The zero-order valence-electron chi connectivity index (χ0n) is 12.0. The highest BCUT2D eigenvalue weighted by Gasteiger charge is 2.19. The van der Waals surface area contributed by atoms with Crippen molar-refractivity contribution in [3.8, 4) is 11.1 Å². The molecule has 1 aromatic carbocycles. The first kappa shape index (κ1) is 13.8. The van der Waals surface area contributed by atoms with Crippen molar-refractivity contribution in [2.24, 2.45) is 0 Å². The van der Waals surface area contributed by atoms with Gasteiger partial charge in [-0.1, -0.05) is 28.1 Å². The van der Waals surface area contributed by atoms with Crippen molar-refractivity contribution in [3.05, 3.63) is 40.1 Å². The van der Waals surface area contributed by atoms with E-state index in [1.54, 1.807) is 0 Å². The number of nitrogens with zero attached hydrogens (tertiary/aromatic N) is 2. The van der Waals surface area contributed by atoms with E-state index in [0.29, 0.717) is 6.04 Å². The lowest BCUT2D eigenvalue weighted by molar-refractivity contribution is 0.467. The van der Waals surface area contributed by atoms with Crippen LogP contribution in [0.25, 0.3) is 11.1 Å². The van der Waals surface area contributed by atoms with Gasteiger partial charge in [0, 0.05) is 21.8 Å². The van der Waals surface area contributed by atoms with Crippen LogP contribution in [0.2, 0.25) is 0 Å². The van der Waals surface area contributed by atoms with Crippen LogP contribution in [0.1, 0.15) is 24.2 Å². The number of nitrogens with one attached hydrogen (secondary N) is 1. The van der Waals surface area contributed by atoms with Crippen molar-refractivity contribution in [1.82, 2.24) is 15.1 Å². The van der Waals surface area contributed by atoms with Gasteiger partial charge in [0.05, 0.1) is 12.2 Å². The highest BCUT2D eigenvalue weighted by atomic mass is 79.9. The van der Waals surface area contributed by atoms with Gasteiger partial charge < -0.3 is 5.32 Å². The number of aromatic nitrogens is 2. The van der Waals surface area contributed by atoms with Crippen LogP contribution in [0.4, 0.5) is 0 Å². The van der Waals surface area contributed by atoms with Crippen LogP contribution >= 0.6 is 15.9 Å². The van der Waals surface area contributed by atoms with Crippen LogP contribution in [0.3, 0.4) is 0 Å². The van der Waals surface area contributed by atoms with Gasteiger partial charge in [0.1, 0.15) is 0 Å². The zero-order valence-corrected chi connectivity index (χ0v) is 13.6. The van der Waals surface area contributed by atoms with Crippen molar-refractivity contribution in [1.29, 1.82) is 0 Å². The van der Waals surface area contributed by atoms with E-state index < -0.39 is 0 Å². The molecule has 1 atom stereocenters. The molecule has 0 amide bonds. The van der Waals surface area contributed by atoms with Gasteiger partial charge >= 0.3 is 0 Å². The second-order valence-corrected chi connectivity index (χ2v) is 6.44.